The van der Waals surface area contributed by atoms with E-state index in [2.05, 4.69) is 0 Å². The van der Waals surface area contributed by atoms with Gasteiger partial charge in [-0.05, 0) is 29.3 Å². The van der Waals surface area contributed by atoms with Crippen molar-refractivity contribution < 1.29 is 23.5 Å². The van der Waals surface area contributed by atoms with Crippen molar-refractivity contribution in [3.63, 3.8) is 0 Å². The van der Waals surface area contributed by atoms with Gasteiger partial charge in [0.15, 0.2) is 0 Å². The van der Waals surface area contributed by atoms with Crippen LogP contribution in [0.5, 0.6) is 0 Å². The van der Waals surface area contributed by atoms with Crippen molar-refractivity contribution in [1.29, 1.82) is 0 Å². The van der Waals surface area contributed by atoms with Gasteiger partial charge in [-0.15, -0.1) is 0 Å². The van der Waals surface area contributed by atoms with Crippen LogP contribution in [-0.4, -0.2) is 24.6 Å². The fourth-order valence-corrected chi connectivity index (χ4v) is 4.79. The number of fused-ring (bicyclic) bond motifs is 1. The molecule has 0 aromatic heterocycles. The van der Waals surface area contributed by atoms with E-state index in [4.69, 9.17) is 5.21 Å². The number of hydrogen-bond donors (Lipinski definition) is 3. The molecule has 24 heavy (non-hydrogen) atoms. The Morgan fingerprint density at radius 3 is 2.62 bits per heavy atom. The highest BCUT2D eigenvalue weighted by atomic mass is 32.2. The summed E-state index contributed by atoms with van der Waals surface area (Å²) in [6, 6.07) is 12.2. The number of nitrogens with one attached hydrogen (secondary N) is 1. The summed E-state index contributed by atoms with van der Waals surface area (Å²) in [6.45, 7) is -0.226. The van der Waals surface area contributed by atoms with Gasteiger partial charge >= 0.3 is 0 Å². The Labute approximate surface area is 139 Å². The van der Waals surface area contributed by atoms with E-state index < -0.39 is 22.0 Å². The summed E-state index contributed by atoms with van der Waals surface area (Å²) in [5, 5.41) is 18.1. The predicted octanol–water partition coefficient (Wildman–Crippen LogP) is 1.32. The van der Waals surface area contributed by atoms with Crippen LogP contribution in [0.3, 0.4) is 0 Å². The molecule has 0 saturated carbocycles. The molecule has 2 aromatic carbocycles. The molecule has 0 aliphatic carbocycles. The van der Waals surface area contributed by atoms with Crippen LogP contribution in [-0.2, 0) is 21.4 Å². The first kappa shape index (κ1) is 16.4. The Kier molecular flexibility index (Phi) is 4.27. The first-order chi connectivity index (χ1) is 11.5. The molecule has 3 N–H and O–H groups in total. The normalized spacial score (nSPS) is 18.2. The zero-order valence-corrected chi connectivity index (χ0v) is 13.4. The Morgan fingerprint density at radius 1 is 1.17 bits per heavy atom. The van der Waals surface area contributed by atoms with Crippen molar-refractivity contribution >= 4 is 21.6 Å². The van der Waals surface area contributed by atoms with Gasteiger partial charge < -0.3 is 5.11 Å². The first-order valence-corrected chi connectivity index (χ1v) is 8.69. The van der Waals surface area contributed by atoms with Crippen molar-refractivity contribution in [2.75, 3.05) is 4.31 Å². The molecule has 0 radical (unpaired) electrons. The number of anilines is 1. The van der Waals surface area contributed by atoms with E-state index in [-0.39, 0.29) is 17.9 Å². The summed E-state index contributed by atoms with van der Waals surface area (Å²) in [5.41, 5.74) is 2.95. The number of aliphatic hydroxyl groups is 1. The molecule has 1 aliphatic rings. The minimum atomic E-state index is -3.84. The standard InChI is InChI=1S/C16H16N2O5S/c19-10-11-4-3-5-12(8-11)18-14(9-16(20)17-21)13-6-1-2-7-15(13)24(18,22)23/h1-8,14,19,21H,9-10H2,(H,17,20). The van der Waals surface area contributed by atoms with E-state index in [1.54, 1.807) is 47.9 Å². The van der Waals surface area contributed by atoms with Crippen LogP contribution in [0.25, 0.3) is 0 Å². The molecule has 0 fully saturated rings. The van der Waals surface area contributed by atoms with Crippen molar-refractivity contribution in [2.45, 2.75) is 24.0 Å². The van der Waals surface area contributed by atoms with E-state index in [1.165, 1.54) is 6.07 Å². The lowest BCUT2D eigenvalue weighted by Crippen LogP contribution is -2.32. The lowest BCUT2D eigenvalue weighted by atomic mass is 10.0. The summed E-state index contributed by atoms with van der Waals surface area (Å²) in [4.78, 5) is 11.8. The molecule has 0 saturated heterocycles. The first-order valence-electron chi connectivity index (χ1n) is 7.25. The van der Waals surface area contributed by atoms with E-state index in [0.29, 0.717) is 16.8 Å². The molecular weight excluding hydrogens is 332 g/mol. The number of carbonyl (C=O) groups excluding carboxylic acids is 1. The number of hydroxylamine groups is 1. The SMILES string of the molecule is O=C(CC1c2ccccc2S(=O)(=O)N1c1cccc(CO)c1)NO. The van der Waals surface area contributed by atoms with Crippen molar-refractivity contribution in [3.05, 3.63) is 59.7 Å². The summed E-state index contributed by atoms with van der Waals surface area (Å²) in [6.07, 6.45) is -0.226. The fraction of sp³-hybridized carbons (Fsp3) is 0.188. The maximum atomic E-state index is 12.9. The molecule has 1 aliphatic heterocycles. The third-order valence-electron chi connectivity index (χ3n) is 3.95. The quantitative estimate of drug-likeness (QED) is 0.571. The van der Waals surface area contributed by atoms with E-state index in [1.807, 2.05) is 0 Å². The highest BCUT2D eigenvalue weighted by Gasteiger charge is 2.43. The molecule has 2 aromatic rings. The second-order valence-electron chi connectivity index (χ2n) is 5.42. The zero-order chi connectivity index (χ0) is 17.3. The molecule has 1 unspecified atom stereocenters. The average Bonchev–Trinajstić information content (AvgIpc) is 2.82. The Morgan fingerprint density at radius 2 is 1.92 bits per heavy atom. The number of carbonyl (C=O) groups is 1. The Balaban J connectivity index is 2.16. The molecular formula is C16H16N2O5S. The second kappa shape index (κ2) is 6.23. The molecule has 1 amide bonds. The molecule has 3 rings (SSSR count). The third-order valence-corrected chi connectivity index (χ3v) is 5.86. The van der Waals surface area contributed by atoms with Crippen molar-refractivity contribution in [2.24, 2.45) is 0 Å². The molecule has 1 heterocycles. The van der Waals surface area contributed by atoms with Crippen LogP contribution in [0.15, 0.2) is 53.4 Å². The third kappa shape index (κ3) is 2.64. The predicted molar refractivity (Wildman–Crippen MR) is 85.8 cm³/mol. The largest absolute Gasteiger partial charge is 0.392 e. The maximum Gasteiger partial charge on any atom is 0.265 e. The number of hydrogen-bond acceptors (Lipinski definition) is 5. The number of sulfonamides is 1. The van der Waals surface area contributed by atoms with Gasteiger partial charge in [-0.1, -0.05) is 30.3 Å². The van der Waals surface area contributed by atoms with Gasteiger partial charge in [0.25, 0.3) is 10.0 Å². The fourth-order valence-electron chi connectivity index (χ4n) is 2.92. The number of benzene rings is 2. The molecule has 0 bridgehead atoms. The van der Waals surface area contributed by atoms with Crippen LogP contribution in [0, 0.1) is 0 Å². The summed E-state index contributed by atoms with van der Waals surface area (Å²) < 4.78 is 27.0. The minimum absolute atomic E-state index is 0.134. The number of rotatable bonds is 4. The molecule has 8 heteroatoms. The molecule has 1 atom stereocenters. The van der Waals surface area contributed by atoms with E-state index in [0.717, 1.165) is 4.31 Å². The smallest absolute Gasteiger partial charge is 0.265 e. The maximum absolute atomic E-state index is 12.9. The van der Waals surface area contributed by atoms with Crippen LogP contribution in [0.2, 0.25) is 0 Å². The van der Waals surface area contributed by atoms with Gasteiger partial charge in [0, 0.05) is 0 Å². The molecule has 7 nitrogen and oxygen atoms in total. The van der Waals surface area contributed by atoms with E-state index in [9.17, 15) is 18.3 Å². The lowest BCUT2D eigenvalue weighted by molar-refractivity contribution is -0.129. The van der Waals surface area contributed by atoms with Gasteiger partial charge in [0.1, 0.15) is 0 Å². The van der Waals surface area contributed by atoms with Gasteiger partial charge in [-0.2, -0.15) is 0 Å². The summed E-state index contributed by atoms with van der Waals surface area (Å²) in [7, 11) is -3.84. The van der Waals surface area contributed by atoms with Gasteiger partial charge in [-0.3, -0.25) is 14.3 Å². The van der Waals surface area contributed by atoms with Gasteiger partial charge in [-0.25, -0.2) is 13.9 Å². The minimum Gasteiger partial charge on any atom is -0.392 e. The topological polar surface area (TPSA) is 107 Å². The van der Waals surface area contributed by atoms with Crippen LogP contribution in [0.4, 0.5) is 5.69 Å². The Bertz CT molecular complexity index is 882. The Hall–Kier alpha value is -2.42. The van der Waals surface area contributed by atoms with Crippen molar-refractivity contribution in [3.8, 4) is 0 Å². The second-order valence-corrected chi connectivity index (χ2v) is 7.20. The van der Waals surface area contributed by atoms with Crippen LogP contribution < -0.4 is 9.79 Å². The summed E-state index contributed by atoms with van der Waals surface area (Å²) >= 11 is 0. The molecule has 0 spiro atoms. The van der Waals surface area contributed by atoms with Crippen LogP contribution in [0.1, 0.15) is 23.6 Å². The highest BCUT2D eigenvalue weighted by Crippen LogP contribution is 2.44. The summed E-state index contributed by atoms with van der Waals surface area (Å²) in [5.74, 6) is -0.685. The number of nitrogens with zero attached hydrogens (tertiary/aromatic N) is 1. The molecule has 126 valence electrons. The number of amides is 1. The highest BCUT2D eigenvalue weighted by molar-refractivity contribution is 7.93. The van der Waals surface area contributed by atoms with E-state index >= 15 is 0 Å². The average molecular weight is 348 g/mol. The lowest BCUT2D eigenvalue weighted by Gasteiger charge is -2.25. The van der Waals surface area contributed by atoms with Gasteiger partial charge in [0.05, 0.1) is 29.7 Å². The van der Waals surface area contributed by atoms with Gasteiger partial charge in [0.2, 0.25) is 5.91 Å². The monoisotopic (exact) mass is 348 g/mol. The zero-order valence-electron chi connectivity index (χ0n) is 12.6. The number of aliphatic hydroxyl groups excluding tert-OH is 1. The van der Waals surface area contributed by atoms with Crippen LogP contribution >= 0.6 is 0 Å². The van der Waals surface area contributed by atoms with Crippen molar-refractivity contribution in [1.82, 2.24) is 5.48 Å².